The van der Waals surface area contributed by atoms with E-state index in [4.69, 9.17) is 10.5 Å². The van der Waals surface area contributed by atoms with E-state index in [1.54, 1.807) is 0 Å². The Morgan fingerprint density at radius 3 is 2.88 bits per heavy atom. The van der Waals surface area contributed by atoms with Gasteiger partial charge in [-0.25, -0.2) is 0 Å². The molecule has 2 unspecified atom stereocenters. The first-order chi connectivity index (χ1) is 8.01. The normalized spacial score (nSPS) is 26.6. The highest BCUT2D eigenvalue weighted by Crippen LogP contribution is 2.28. The molecule has 0 aliphatic carbocycles. The van der Waals surface area contributed by atoms with Crippen molar-refractivity contribution in [2.45, 2.75) is 57.7 Å². The molecule has 2 atom stereocenters. The maximum atomic E-state index is 6.26. The Balaban J connectivity index is 1.99. The monoisotopic (exact) mass is 237 g/mol. The van der Waals surface area contributed by atoms with E-state index in [2.05, 4.69) is 31.9 Å². The lowest BCUT2D eigenvalue weighted by Gasteiger charge is -2.29. The molecule has 0 amide bonds. The molecular weight excluding hydrogens is 214 g/mol. The summed E-state index contributed by atoms with van der Waals surface area (Å²) in [6.45, 7) is 7.20. The number of hydrogen-bond acceptors (Lipinski definition) is 3. The molecule has 0 bridgehead atoms. The Morgan fingerprint density at radius 2 is 2.35 bits per heavy atom. The Kier molecular flexibility index (Phi) is 3.54. The van der Waals surface area contributed by atoms with Crippen LogP contribution in [0.3, 0.4) is 0 Å². The van der Waals surface area contributed by atoms with E-state index in [-0.39, 0.29) is 11.6 Å². The number of nitrogens with zero attached hydrogens (tertiary/aromatic N) is 2. The van der Waals surface area contributed by atoms with Crippen molar-refractivity contribution in [2.24, 2.45) is 5.73 Å². The number of nitrogens with two attached hydrogens (primary N) is 1. The molecule has 1 aliphatic rings. The molecule has 2 rings (SSSR count). The molecule has 1 aliphatic heterocycles. The maximum Gasteiger partial charge on any atom is 0.0809 e. The molecule has 4 heteroatoms. The minimum Gasteiger partial charge on any atom is -0.374 e. The summed E-state index contributed by atoms with van der Waals surface area (Å²) in [6, 6.07) is 2.48. The predicted molar refractivity (Wildman–Crippen MR) is 67.9 cm³/mol. The molecule has 0 saturated carbocycles. The van der Waals surface area contributed by atoms with Crippen LogP contribution in [0.5, 0.6) is 0 Å². The van der Waals surface area contributed by atoms with E-state index >= 15 is 0 Å². The summed E-state index contributed by atoms with van der Waals surface area (Å²) >= 11 is 0. The summed E-state index contributed by atoms with van der Waals surface area (Å²) < 4.78 is 7.74. The van der Waals surface area contributed by atoms with Crippen LogP contribution in [0.4, 0.5) is 0 Å². The van der Waals surface area contributed by atoms with Gasteiger partial charge >= 0.3 is 0 Å². The highest BCUT2D eigenvalue weighted by Gasteiger charge is 2.36. The molecule has 17 heavy (non-hydrogen) atoms. The fourth-order valence-corrected chi connectivity index (χ4v) is 2.31. The highest BCUT2D eigenvalue weighted by atomic mass is 16.5. The third-order valence-corrected chi connectivity index (χ3v) is 3.66. The first-order valence-corrected chi connectivity index (χ1v) is 6.45. The number of rotatable bonds is 4. The lowest BCUT2D eigenvalue weighted by atomic mass is 9.90. The SMILES string of the molecule is CC(C)n1ccc(CC(N)C2(C)CCCO2)n1. The van der Waals surface area contributed by atoms with E-state index in [0.29, 0.717) is 6.04 Å². The molecule has 1 aromatic rings. The van der Waals surface area contributed by atoms with E-state index in [9.17, 15) is 0 Å². The Morgan fingerprint density at radius 1 is 1.59 bits per heavy atom. The van der Waals surface area contributed by atoms with Gasteiger partial charge in [0.15, 0.2) is 0 Å². The van der Waals surface area contributed by atoms with Gasteiger partial charge in [0, 0.05) is 31.3 Å². The van der Waals surface area contributed by atoms with Gasteiger partial charge in [-0.1, -0.05) is 0 Å². The standard InChI is InChI=1S/C13H23N3O/c1-10(2)16-7-5-11(15-16)9-12(14)13(3)6-4-8-17-13/h5,7,10,12H,4,6,8-9,14H2,1-3H3. The molecule has 0 spiro atoms. The zero-order chi connectivity index (χ0) is 12.5. The largest absolute Gasteiger partial charge is 0.374 e. The average molecular weight is 237 g/mol. The van der Waals surface area contributed by atoms with Crippen LogP contribution in [-0.2, 0) is 11.2 Å². The van der Waals surface area contributed by atoms with Crippen LogP contribution in [0, 0.1) is 0 Å². The predicted octanol–water partition coefficient (Wildman–Crippen LogP) is 1.90. The van der Waals surface area contributed by atoms with Gasteiger partial charge in [0.2, 0.25) is 0 Å². The first kappa shape index (κ1) is 12.6. The fraction of sp³-hybridized carbons (Fsp3) is 0.769. The van der Waals surface area contributed by atoms with Crippen molar-refractivity contribution in [1.82, 2.24) is 9.78 Å². The van der Waals surface area contributed by atoms with Gasteiger partial charge in [-0.2, -0.15) is 5.10 Å². The summed E-state index contributed by atoms with van der Waals surface area (Å²) in [5.74, 6) is 0. The molecule has 0 aromatic carbocycles. The topological polar surface area (TPSA) is 53.1 Å². The molecule has 4 nitrogen and oxygen atoms in total. The lowest BCUT2D eigenvalue weighted by molar-refractivity contribution is -0.00116. The van der Waals surface area contributed by atoms with Crippen molar-refractivity contribution < 1.29 is 4.74 Å². The molecule has 1 aromatic heterocycles. The minimum atomic E-state index is -0.165. The van der Waals surface area contributed by atoms with Crippen molar-refractivity contribution in [3.05, 3.63) is 18.0 Å². The van der Waals surface area contributed by atoms with Crippen LogP contribution in [0.2, 0.25) is 0 Å². The van der Waals surface area contributed by atoms with Crippen molar-refractivity contribution in [2.75, 3.05) is 6.61 Å². The second kappa shape index (κ2) is 4.78. The molecule has 1 saturated heterocycles. The minimum absolute atomic E-state index is 0.0283. The van der Waals surface area contributed by atoms with E-state index in [1.165, 1.54) is 0 Å². The summed E-state index contributed by atoms with van der Waals surface area (Å²) in [7, 11) is 0. The molecule has 0 radical (unpaired) electrons. The van der Waals surface area contributed by atoms with Crippen molar-refractivity contribution in [1.29, 1.82) is 0 Å². The highest BCUT2D eigenvalue weighted by molar-refractivity contribution is 5.05. The zero-order valence-corrected chi connectivity index (χ0v) is 11.0. The van der Waals surface area contributed by atoms with Crippen LogP contribution in [-0.4, -0.2) is 28.0 Å². The van der Waals surface area contributed by atoms with Gasteiger partial charge < -0.3 is 10.5 Å². The quantitative estimate of drug-likeness (QED) is 0.870. The number of aromatic nitrogens is 2. The lowest BCUT2D eigenvalue weighted by Crippen LogP contribution is -2.46. The number of ether oxygens (including phenoxy) is 1. The summed E-state index contributed by atoms with van der Waals surface area (Å²) in [5.41, 5.74) is 7.15. The summed E-state index contributed by atoms with van der Waals surface area (Å²) in [6.07, 6.45) is 4.98. The van der Waals surface area contributed by atoms with Crippen LogP contribution in [0.1, 0.15) is 45.3 Å². The first-order valence-electron chi connectivity index (χ1n) is 6.45. The number of hydrogen-bond donors (Lipinski definition) is 1. The van der Waals surface area contributed by atoms with E-state index < -0.39 is 0 Å². The molecule has 2 heterocycles. The van der Waals surface area contributed by atoms with Gasteiger partial charge in [-0.3, -0.25) is 4.68 Å². The van der Waals surface area contributed by atoms with E-state index in [1.807, 2.05) is 10.9 Å². The van der Waals surface area contributed by atoms with Crippen LogP contribution in [0.15, 0.2) is 12.3 Å². The fourth-order valence-electron chi connectivity index (χ4n) is 2.31. The van der Waals surface area contributed by atoms with Crippen LogP contribution >= 0.6 is 0 Å². The average Bonchev–Trinajstić information content (AvgIpc) is 2.88. The smallest absolute Gasteiger partial charge is 0.0809 e. The molecule has 96 valence electrons. The Hall–Kier alpha value is -0.870. The third kappa shape index (κ3) is 2.69. The van der Waals surface area contributed by atoms with Crippen LogP contribution in [0.25, 0.3) is 0 Å². The summed E-state index contributed by atoms with van der Waals surface area (Å²) in [4.78, 5) is 0. The molecular formula is C13H23N3O. The van der Waals surface area contributed by atoms with Crippen LogP contribution < -0.4 is 5.73 Å². The second-order valence-corrected chi connectivity index (χ2v) is 5.46. The summed E-state index contributed by atoms with van der Waals surface area (Å²) in [5, 5.41) is 4.53. The third-order valence-electron chi connectivity index (χ3n) is 3.66. The van der Waals surface area contributed by atoms with Crippen molar-refractivity contribution in [3.63, 3.8) is 0 Å². The molecule has 2 N–H and O–H groups in total. The van der Waals surface area contributed by atoms with Gasteiger partial charge in [-0.15, -0.1) is 0 Å². The van der Waals surface area contributed by atoms with Gasteiger partial charge in [0.1, 0.15) is 0 Å². The van der Waals surface area contributed by atoms with Gasteiger partial charge in [0.25, 0.3) is 0 Å². The molecule has 1 fully saturated rings. The zero-order valence-electron chi connectivity index (χ0n) is 11.0. The maximum absolute atomic E-state index is 6.26. The Bertz CT molecular complexity index is 366. The Labute approximate surface area is 103 Å². The van der Waals surface area contributed by atoms with Crippen molar-refractivity contribution in [3.8, 4) is 0 Å². The van der Waals surface area contributed by atoms with E-state index in [0.717, 1.165) is 31.6 Å². The van der Waals surface area contributed by atoms with Crippen molar-refractivity contribution >= 4 is 0 Å². The van der Waals surface area contributed by atoms with Gasteiger partial charge in [0.05, 0.1) is 11.3 Å². The second-order valence-electron chi connectivity index (χ2n) is 5.46. The van der Waals surface area contributed by atoms with Gasteiger partial charge in [-0.05, 0) is 39.7 Å².